The van der Waals surface area contributed by atoms with E-state index >= 15 is 0 Å². The lowest BCUT2D eigenvalue weighted by Crippen LogP contribution is -2.12. The van der Waals surface area contributed by atoms with E-state index in [0.717, 1.165) is 0 Å². The normalized spacial score (nSPS) is 10.2. The third-order valence-corrected chi connectivity index (χ3v) is 2.51. The highest BCUT2D eigenvalue weighted by Gasteiger charge is 2.14. The third kappa shape index (κ3) is 2.39. The summed E-state index contributed by atoms with van der Waals surface area (Å²) < 4.78 is 4.79. The van der Waals surface area contributed by atoms with Crippen molar-refractivity contribution in [2.75, 3.05) is 5.32 Å². The number of amides is 1. The maximum atomic E-state index is 11.8. The van der Waals surface area contributed by atoms with Crippen LogP contribution in [0.25, 0.3) is 0 Å². The minimum absolute atomic E-state index is 0.0363. The molecule has 0 fully saturated rings. The first-order valence-electron chi connectivity index (χ1n) is 4.79. The van der Waals surface area contributed by atoms with Gasteiger partial charge in [-0.2, -0.15) is 0 Å². The standard InChI is InChI=1S/C11H9ClN2O3/c1-6-8(5-13-17-6)11(16)14-10-3-2-7(15)4-9(10)12/h2-5,15H,1H3,(H,14,16). The van der Waals surface area contributed by atoms with Crippen molar-refractivity contribution in [3.05, 3.63) is 40.7 Å². The molecular formula is C11H9ClN2O3. The molecule has 1 amide bonds. The van der Waals surface area contributed by atoms with Crippen molar-refractivity contribution < 1.29 is 14.4 Å². The lowest BCUT2D eigenvalue weighted by Gasteiger charge is -2.06. The van der Waals surface area contributed by atoms with E-state index in [1.807, 2.05) is 0 Å². The Bertz CT molecular complexity index is 566. The van der Waals surface area contributed by atoms with E-state index in [2.05, 4.69) is 10.5 Å². The maximum absolute atomic E-state index is 11.8. The van der Waals surface area contributed by atoms with Crippen LogP contribution in [-0.4, -0.2) is 16.2 Å². The summed E-state index contributed by atoms with van der Waals surface area (Å²) in [7, 11) is 0. The predicted octanol–water partition coefficient (Wildman–Crippen LogP) is 2.59. The first-order chi connectivity index (χ1) is 8.08. The van der Waals surface area contributed by atoms with Crippen molar-refractivity contribution in [1.82, 2.24) is 5.16 Å². The summed E-state index contributed by atoms with van der Waals surface area (Å²) in [6.07, 6.45) is 1.33. The zero-order chi connectivity index (χ0) is 12.4. The molecule has 1 aromatic heterocycles. The number of anilines is 1. The molecule has 2 N–H and O–H groups in total. The van der Waals surface area contributed by atoms with Gasteiger partial charge in [0.2, 0.25) is 0 Å². The van der Waals surface area contributed by atoms with Crippen LogP contribution in [0, 0.1) is 6.92 Å². The van der Waals surface area contributed by atoms with Crippen molar-refractivity contribution in [3.63, 3.8) is 0 Å². The van der Waals surface area contributed by atoms with Gasteiger partial charge in [-0.1, -0.05) is 16.8 Å². The van der Waals surface area contributed by atoms with Gasteiger partial charge >= 0.3 is 0 Å². The number of aromatic hydroxyl groups is 1. The van der Waals surface area contributed by atoms with E-state index in [1.165, 1.54) is 24.4 Å². The van der Waals surface area contributed by atoms with Gasteiger partial charge in [0.25, 0.3) is 5.91 Å². The Morgan fingerprint density at radius 3 is 2.88 bits per heavy atom. The van der Waals surface area contributed by atoms with Crippen molar-refractivity contribution in [3.8, 4) is 5.75 Å². The Labute approximate surface area is 102 Å². The molecule has 0 saturated carbocycles. The number of hydrogen-bond acceptors (Lipinski definition) is 4. The van der Waals surface area contributed by atoms with Gasteiger partial charge in [0.1, 0.15) is 17.1 Å². The molecule has 88 valence electrons. The van der Waals surface area contributed by atoms with E-state index in [9.17, 15) is 9.90 Å². The van der Waals surface area contributed by atoms with Crippen LogP contribution in [0.4, 0.5) is 5.69 Å². The monoisotopic (exact) mass is 252 g/mol. The molecule has 0 saturated heterocycles. The summed E-state index contributed by atoms with van der Waals surface area (Å²) >= 11 is 5.86. The number of nitrogens with one attached hydrogen (secondary N) is 1. The van der Waals surface area contributed by atoms with Crippen LogP contribution in [0.2, 0.25) is 5.02 Å². The summed E-state index contributed by atoms with van der Waals surface area (Å²) in [4.78, 5) is 11.8. The molecular weight excluding hydrogens is 244 g/mol. The summed E-state index contributed by atoms with van der Waals surface area (Å²) in [5, 5.41) is 15.5. The Morgan fingerprint density at radius 1 is 1.53 bits per heavy atom. The minimum atomic E-state index is -0.365. The van der Waals surface area contributed by atoms with Gasteiger partial charge < -0.3 is 14.9 Å². The molecule has 0 aliphatic heterocycles. The van der Waals surface area contributed by atoms with Gasteiger partial charge in [-0.25, -0.2) is 0 Å². The fraction of sp³-hybridized carbons (Fsp3) is 0.0909. The minimum Gasteiger partial charge on any atom is -0.508 e. The quantitative estimate of drug-likeness (QED) is 0.806. The van der Waals surface area contributed by atoms with Crippen molar-refractivity contribution in [1.29, 1.82) is 0 Å². The number of nitrogens with zero attached hydrogens (tertiary/aromatic N) is 1. The van der Waals surface area contributed by atoms with E-state index in [1.54, 1.807) is 6.92 Å². The van der Waals surface area contributed by atoms with Crippen LogP contribution >= 0.6 is 11.6 Å². The van der Waals surface area contributed by atoms with Crippen LogP contribution in [0.15, 0.2) is 28.9 Å². The molecule has 0 radical (unpaired) electrons. The molecule has 1 aromatic carbocycles. The SMILES string of the molecule is Cc1oncc1C(=O)Nc1ccc(O)cc1Cl. The van der Waals surface area contributed by atoms with Gasteiger partial charge in [-0.3, -0.25) is 4.79 Å². The first-order valence-corrected chi connectivity index (χ1v) is 5.17. The highest BCUT2D eigenvalue weighted by Crippen LogP contribution is 2.26. The van der Waals surface area contributed by atoms with Crippen LogP contribution in [0.1, 0.15) is 16.1 Å². The molecule has 5 nitrogen and oxygen atoms in total. The summed E-state index contributed by atoms with van der Waals surface area (Å²) in [5.41, 5.74) is 0.754. The van der Waals surface area contributed by atoms with Gasteiger partial charge in [0.15, 0.2) is 0 Å². The number of rotatable bonds is 2. The predicted molar refractivity (Wildman–Crippen MR) is 62.3 cm³/mol. The molecule has 2 aromatic rings. The molecule has 0 unspecified atom stereocenters. The second-order valence-corrected chi connectivity index (χ2v) is 3.82. The van der Waals surface area contributed by atoms with Gasteiger partial charge in [0, 0.05) is 6.07 Å². The largest absolute Gasteiger partial charge is 0.508 e. The number of carbonyl (C=O) groups is 1. The Hall–Kier alpha value is -2.01. The molecule has 17 heavy (non-hydrogen) atoms. The van der Waals surface area contributed by atoms with Crippen LogP contribution < -0.4 is 5.32 Å². The van der Waals surface area contributed by atoms with E-state index in [4.69, 9.17) is 16.1 Å². The number of aryl methyl sites for hydroxylation is 1. The molecule has 6 heteroatoms. The molecule has 0 atom stereocenters. The number of phenols is 1. The smallest absolute Gasteiger partial charge is 0.260 e. The van der Waals surface area contributed by atoms with Crippen molar-refractivity contribution in [2.24, 2.45) is 0 Å². The first kappa shape index (κ1) is 11.5. The third-order valence-electron chi connectivity index (χ3n) is 2.20. The zero-order valence-corrected chi connectivity index (χ0v) is 9.65. The number of carbonyl (C=O) groups excluding carboxylic acids is 1. The molecule has 0 aliphatic carbocycles. The van der Waals surface area contributed by atoms with Crippen LogP contribution in [0.3, 0.4) is 0 Å². The number of hydrogen-bond donors (Lipinski definition) is 2. The number of aromatic nitrogens is 1. The summed E-state index contributed by atoms with van der Waals surface area (Å²) in [6.45, 7) is 1.64. The Kier molecular flexibility index (Phi) is 3.01. The number of phenolic OH excluding ortho intramolecular Hbond substituents is 1. The topological polar surface area (TPSA) is 75.4 Å². The Morgan fingerprint density at radius 2 is 2.29 bits per heavy atom. The van der Waals surface area contributed by atoms with Crippen molar-refractivity contribution >= 4 is 23.2 Å². The highest BCUT2D eigenvalue weighted by atomic mass is 35.5. The van der Waals surface area contributed by atoms with E-state index in [-0.39, 0.29) is 16.7 Å². The fourth-order valence-electron chi connectivity index (χ4n) is 1.31. The molecule has 2 rings (SSSR count). The van der Waals surface area contributed by atoms with Crippen molar-refractivity contribution in [2.45, 2.75) is 6.92 Å². The van der Waals surface area contributed by atoms with Crippen LogP contribution in [-0.2, 0) is 0 Å². The second kappa shape index (κ2) is 4.47. The summed E-state index contributed by atoms with van der Waals surface area (Å²) in [6, 6.07) is 4.29. The Balaban J connectivity index is 2.22. The molecule has 0 bridgehead atoms. The second-order valence-electron chi connectivity index (χ2n) is 3.41. The maximum Gasteiger partial charge on any atom is 0.260 e. The number of benzene rings is 1. The van der Waals surface area contributed by atoms with Gasteiger partial charge in [-0.15, -0.1) is 0 Å². The average molecular weight is 253 g/mol. The van der Waals surface area contributed by atoms with Gasteiger partial charge in [-0.05, 0) is 19.1 Å². The van der Waals surface area contributed by atoms with E-state index in [0.29, 0.717) is 17.0 Å². The molecule has 0 spiro atoms. The fourth-order valence-corrected chi connectivity index (χ4v) is 1.53. The highest BCUT2D eigenvalue weighted by molar-refractivity contribution is 6.34. The van der Waals surface area contributed by atoms with E-state index < -0.39 is 0 Å². The average Bonchev–Trinajstić information content (AvgIpc) is 2.68. The lowest BCUT2D eigenvalue weighted by atomic mass is 10.2. The van der Waals surface area contributed by atoms with Gasteiger partial charge in [0.05, 0.1) is 16.9 Å². The molecule has 1 heterocycles. The lowest BCUT2D eigenvalue weighted by molar-refractivity contribution is 0.102. The zero-order valence-electron chi connectivity index (χ0n) is 8.90. The molecule has 0 aliphatic rings. The van der Waals surface area contributed by atoms with Crippen LogP contribution in [0.5, 0.6) is 5.75 Å². The summed E-state index contributed by atoms with van der Waals surface area (Å²) in [5.74, 6) is 0.0999. The number of halogens is 1.